The largest absolute Gasteiger partial charge is 0.484 e. The van der Waals surface area contributed by atoms with Gasteiger partial charge in [-0.15, -0.1) is 11.3 Å². The van der Waals surface area contributed by atoms with Gasteiger partial charge < -0.3 is 10.1 Å². The number of carbonyl (C=O) groups is 1. The highest BCUT2D eigenvalue weighted by molar-refractivity contribution is 7.21. The molecule has 6 heteroatoms. The van der Waals surface area contributed by atoms with Crippen LogP contribution in [0.25, 0.3) is 20.8 Å². The van der Waals surface area contributed by atoms with E-state index in [-0.39, 0.29) is 12.5 Å². The lowest BCUT2D eigenvalue weighted by atomic mass is 10.2. The van der Waals surface area contributed by atoms with Crippen LogP contribution in [0.2, 0.25) is 5.02 Å². The molecular formula is C22H17ClN2O2S. The minimum atomic E-state index is -0.235. The second-order valence-corrected chi connectivity index (χ2v) is 7.72. The van der Waals surface area contributed by atoms with Gasteiger partial charge in [0.05, 0.1) is 15.9 Å². The number of amides is 1. The highest BCUT2D eigenvalue weighted by Crippen LogP contribution is 2.34. The van der Waals surface area contributed by atoms with Crippen molar-refractivity contribution in [2.24, 2.45) is 0 Å². The summed E-state index contributed by atoms with van der Waals surface area (Å²) in [6.45, 7) is 1.80. The summed E-state index contributed by atoms with van der Waals surface area (Å²) in [4.78, 5) is 17.1. The Morgan fingerprint density at radius 3 is 2.71 bits per heavy atom. The fraction of sp³-hybridized carbons (Fsp3) is 0.0909. The van der Waals surface area contributed by atoms with Gasteiger partial charge in [-0.25, -0.2) is 4.98 Å². The van der Waals surface area contributed by atoms with Gasteiger partial charge in [0.2, 0.25) is 0 Å². The molecule has 0 saturated carbocycles. The lowest BCUT2D eigenvalue weighted by molar-refractivity contribution is -0.118. The van der Waals surface area contributed by atoms with Gasteiger partial charge in [-0.2, -0.15) is 0 Å². The van der Waals surface area contributed by atoms with Crippen LogP contribution in [0.15, 0.2) is 66.7 Å². The molecule has 0 radical (unpaired) electrons. The van der Waals surface area contributed by atoms with Crippen molar-refractivity contribution in [1.29, 1.82) is 0 Å². The van der Waals surface area contributed by atoms with Crippen molar-refractivity contribution in [2.45, 2.75) is 6.92 Å². The lowest BCUT2D eigenvalue weighted by Crippen LogP contribution is -2.20. The number of fused-ring (bicyclic) bond motifs is 1. The van der Waals surface area contributed by atoms with Crippen LogP contribution in [-0.4, -0.2) is 17.5 Å². The number of halogens is 1. The van der Waals surface area contributed by atoms with Gasteiger partial charge in [0.25, 0.3) is 5.91 Å². The summed E-state index contributed by atoms with van der Waals surface area (Å²) in [5.74, 6) is 0.373. The first-order valence-electron chi connectivity index (χ1n) is 8.74. The molecule has 4 rings (SSSR count). The number of benzene rings is 3. The van der Waals surface area contributed by atoms with Gasteiger partial charge in [-0.1, -0.05) is 35.9 Å². The Balaban J connectivity index is 1.50. The van der Waals surface area contributed by atoms with Gasteiger partial charge in [-0.05, 0) is 55.0 Å². The molecule has 0 aliphatic carbocycles. The van der Waals surface area contributed by atoms with Gasteiger partial charge in [-0.3, -0.25) is 4.79 Å². The molecule has 28 heavy (non-hydrogen) atoms. The quantitative estimate of drug-likeness (QED) is 0.444. The number of rotatable bonds is 5. The maximum Gasteiger partial charge on any atom is 0.262 e. The Bertz CT molecular complexity index is 1120. The van der Waals surface area contributed by atoms with Crippen molar-refractivity contribution in [3.05, 3.63) is 77.3 Å². The molecule has 4 nitrogen and oxygen atoms in total. The van der Waals surface area contributed by atoms with E-state index in [9.17, 15) is 4.79 Å². The van der Waals surface area contributed by atoms with Gasteiger partial charge in [0.1, 0.15) is 10.8 Å². The van der Waals surface area contributed by atoms with Gasteiger partial charge in [0.15, 0.2) is 6.61 Å². The predicted molar refractivity (Wildman–Crippen MR) is 115 cm³/mol. The summed E-state index contributed by atoms with van der Waals surface area (Å²) in [6, 6.07) is 20.9. The van der Waals surface area contributed by atoms with E-state index in [1.807, 2.05) is 61.5 Å². The summed E-state index contributed by atoms with van der Waals surface area (Å²) < 4.78 is 6.70. The Labute approximate surface area is 171 Å². The lowest BCUT2D eigenvalue weighted by Gasteiger charge is -2.11. The summed E-state index contributed by atoms with van der Waals surface area (Å²) in [6.07, 6.45) is 0. The van der Waals surface area contributed by atoms with Crippen LogP contribution < -0.4 is 10.1 Å². The van der Waals surface area contributed by atoms with Crippen molar-refractivity contribution in [1.82, 2.24) is 4.98 Å². The molecule has 0 fully saturated rings. The average Bonchev–Trinajstić information content (AvgIpc) is 3.13. The number of hydrogen-bond donors (Lipinski definition) is 1. The zero-order valence-corrected chi connectivity index (χ0v) is 16.7. The Kier molecular flexibility index (Phi) is 5.28. The molecule has 0 aliphatic heterocycles. The molecule has 0 atom stereocenters. The molecule has 0 aliphatic rings. The summed E-state index contributed by atoms with van der Waals surface area (Å²) in [5, 5.41) is 4.46. The van der Waals surface area contributed by atoms with Crippen LogP contribution in [-0.2, 0) is 4.79 Å². The maximum absolute atomic E-state index is 12.4. The molecule has 0 spiro atoms. The molecule has 1 heterocycles. The Hall–Kier alpha value is -2.89. The maximum atomic E-state index is 12.4. The van der Waals surface area contributed by atoms with Crippen molar-refractivity contribution in [2.75, 3.05) is 11.9 Å². The second kappa shape index (κ2) is 8.00. The number of ether oxygens (including phenoxy) is 1. The highest BCUT2D eigenvalue weighted by Gasteiger charge is 2.13. The molecule has 4 aromatic rings. The molecule has 1 N–H and O–H groups in total. The summed E-state index contributed by atoms with van der Waals surface area (Å²) in [7, 11) is 0. The van der Waals surface area contributed by atoms with Gasteiger partial charge >= 0.3 is 0 Å². The minimum Gasteiger partial charge on any atom is -0.484 e. The van der Waals surface area contributed by atoms with Crippen molar-refractivity contribution >= 4 is 44.7 Å². The molecule has 0 bridgehead atoms. The SMILES string of the molecule is Cc1cc(OCC(=O)Nc2ccccc2-c2nc3ccccc3s2)ccc1Cl. The fourth-order valence-corrected chi connectivity index (χ4v) is 3.93. The monoisotopic (exact) mass is 408 g/mol. The van der Waals surface area contributed by atoms with E-state index >= 15 is 0 Å². The standard InChI is InChI=1S/C22H17ClN2O2S/c1-14-12-15(10-11-17(14)23)27-13-21(26)24-18-7-3-2-6-16(18)22-25-19-8-4-5-9-20(19)28-22/h2-12H,13H2,1H3,(H,24,26). The first-order chi connectivity index (χ1) is 13.6. The number of aromatic nitrogens is 1. The van der Waals surface area contributed by atoms with Crippen LogP contribution >= 0.6 is 22.9 Å². The van der Waals surface area contributed by atoms with E-state index < -0.39 is 0 Å². The Morgan fingerprint density at radius 1 is 1.11 bits per heavy atom. The van der Waals surface area contributed by atoms with Crippen LogP contribution in [0.1, 0.15) is 5.56 Å². The summed E-state index contributed by atoms with van der Waals surface area (Å²) >= 11 is 7.61. The number of anilines is 1. The zero-order chi connectivity index (χ0) is 19.5. The number of nitrogens with zero attached hydrogens (tertiary/aromatic N) is 1. The van der Waals surface area contributed by atoms with E-state index in [1.54, 1.807) is 23.5 Å². The van der Waals surface area contributed by atoms with Crippen molar-refractivity contribution in [3.63, 3.8) is 0 Å². The van der Waals surface area contributed by atoms with Crippen LogP contribution in [0.4, 0.5) is 5.69 Å². The Morgan fingerprint density at radius 2 is 1.89 bits per heavy atom. The third-order valence-electron chi connectivity index (χ3n) is 4.22. The molecule has 3 aromatic carbocycles. The number of para-hydroxylation sites is 2. The van der Waals surface area contributed by atoms with Gasteiger partial charge in [0, 0.05) is 10.6 Å². The van der Waals surface area contributed by atoms with Crippen LogP contribution in [0.3, 0.4) is 0 Å². The fourth-order valence-electron chi connectivity index (χ4n) is 2.81. The normalized spacial score (nSPS) is 10.8. The molecule has 0 saturated heterocycles. The minimum absolute atomic E-state index is 0.0880. The first kappa shape index (κ1) is 18.5. The molecule has 0 unspecified atom stereocenters. The topological polar surface area (TPSA) is 51.2 Å². The predicted octanol–water partition coefficient (Wildman–Crippen LogP) is 5.94. The van der Waals surface area contributed by atoms with Crippen molar-refractivity contribution < 1.29 is 9.53 Å². The van der Waals surface area contributed by atoms with E-state index in [0.717, 1.165) is 26.4 Å². The van der Waals surface area contributed by atoms with Crippen molar-refractivity contribution in [3.8, 4) is 16.3 Å². The molecule has 140 valence electrons. The molecular weight excluding hydrogens is 392 g/mol. The average molecular weight is 409 g/mol. The van der Waals surface area contributed by atoms with E-state index in [2.05, 4.69) is 10.3 Å². The number of hydrogen-bond acceptors (Lipinski definition) is 4. The van der Waals surface area contributed by atoms with Crippen LogP contribution in [0.5, 0.6) is 5.75 Å². The van der Waals surface area contributed by atoms with E-state index in [4.69, 9.17) is 16.3 Å². The molecule has 1 aromatic heterocycles. The molecule has 1 amide bonds. The second-order valence-electron chi connectivity index (χ2n) is 6.28. The third-order valence-corrected chi connectivity index (χ3v) is 5.72. The smallest absolute Gasteiger partial charge is 0.262 e. The number of thiazole rings is 1. The van der Waals surface area contributed by atoms with E-state index in [1.165, 1.54) is 0 Å². The van der Waals surface area contributed by atoms with Crippen LogP contribution in [0, 0.1) is 6.92 Å². The number of carbonyl (C=O) groups excluding carboxylic acids is 1. The zero-order valence-electron chi connectivity index (χ0n) is 15.1. The summed E-state index contributed by atoms with van der Waals surface area (Å²) in [5.41, 5.74) is 3.45. The first-order valence-corrected chi connectivity index (χ1v) is 9.93. The number of nitrogens with one attached hydrogen (secondary N) is 1. The van der Waals surface area contributed by atoms with E-state index in [0.29, 0.717) is 16.5 Å². The highest BCUT2D eigenvalue weighted by atomic mass is 35.5. The number of aryl methyl sites for hydroxylation is 1. The third kappa shape index (κ3) is 4.01.